The molecule has 0 aliphatic carbocycles. The van der Waals surface area contributed by atoms with Gasteiger partial charge >= 0.3 is 5.69 Å². The van der Waals surface area contributed by atoms with Crippen LogP contribution in [0.3, 0.4) is 0 Å². The van der Waals surface area contributed by atoms with Crippen molar-refractivity contribution in [3.63, 3.8) is 0 Å². The van der Waals surface area contributed by atoms with Crippen LogP contribution in [-0.4, -0.2) is 19.7 Å². The molecule has 0 radical (unpaired) electrons. The van der Waals surface area contributed by atoms with Crippen LogP contribution in [-0.2, 0) is 19.4 Å². The second-order valence-corrected chi connectivity index (χ2v) is 7.86. The van der Waals surface area contributed by atoms with E-state index in [-0.39, 0.29) is 5.56 Å². The standard InChI is InChI=1S/C26H22N4O3/c1-2-17-8-10-19(11-9-17)23-28-24(33-29-23)20-12-13-21-22(16-20)27-26(32)30(25(21)31)15-14-18-6-4-3-5-7-18/h3-13,16H,2,14-15H2,1H3,(H,27,32). The molecule has 0 amide bonds. The van der Waals surface area contributed by atoms with Crippen molar-refractivity contribution in [1.82, 2.24) is 19.7 Å². The first kappa shape index (κ1) is 20.6. The van der Waals surface area contributed by atoms with Crippen molar-refractivity contribution in [3.05, 3.63) is 105 Å². The van der Waals surface area contributed by atoms with E-state index in [1.165, 1.54) is 10.1 Å². The Morgan fingerprint density at radius 2 is 1.67 bits per heavy atom. The summed E-state index contributed by atoms with van der Waals surface area (Å²) in [5, 5.41) is 4.51. The zero-order chi connectivity index (χ0) is 22.8. The van der Waals surface area contributed by atoms with Crippen LogP contribution >= 0.6 is 0 Å². The average molecular weight is 438 g/mol. The van der Waals surface area contributed by atoms with Gasteiger partial charge < -0.3 is 9.51 Å². The normalized spacial score (nSPS) is 11.2. The largest absolute Gasteiger partial charge is 0.334 e. The number of nitrogens with zero attached hydrogens (tertiary/aromatic N) is 3. The smallest absolute Gasteiger partial charge is 0.328 e. The molecule has 33 heavy (non-hydrogen) atoms. The molecule has 5 aromatic rings. The molecule has 0 unspecified atom stereocenters. The van der Waals surface area contributed by atoms with Gasteiger partial charge in [0.25, 0.3) is 11.4 Å². The number of nitrogens with one attached hydrogen (secondary N) is 1. The molecule has 7 nitrogen and oxygen atoms in total. The van der Waals surface area contributed by atoms with Crippen LogP contribution in [0, 0.1) is 0 Å². The first-order chi connectivity index (χ1) is 16.1. The summed E-state index contributed by atoms with van der Waals surface area (Å²) in [5.74, 6) is 0.804. The fourth-order valence-electron chi connectivity index (χ4n) is 3.82. The minimum Gasteiger partial charge on any atom is -0.334 e. The summed E-state index contributed by atoms with van der Waals surface area (Å²) in [7, 11) is 0. The first-order valence-electron chi connectivity index (χ1n) is 10.9. The minimum atomic E-state index is -0.442. The molecule has 0 saturated carbocycles. The van der Waals surface area contributed by atoms with E-state index in [0.29, 0.717) is 41.1 Å². The van der Waals surface area contributed by atoms with Gasteiger partial charge in [-0.2, -0.15) is 4.98 Å². The average Bonchev–Trinajstić information content (AvgIpc) is 3.35. The van der Waals surface area contributed by atoms with Crippen molar-refractivity contribution >= 4 is 10.9 Å². The van der Waals surface area contributed by atoms with Crippen LogP contribution < -0.4 is 11.2 Å². The highest BCUT2D eigenvalue weighted by Gasteiger charge is 2.14. The van der Waals surface area contributed by atoms with Crippen molar-refractivity contribution in [3.8, 4) is 22.8 Å². The molecular weight excluding hydrogens is 416 g/mol. The number of aromatic amines is 1. The Labute approximate surface area is 189 Å². The molecule has 3 aromatic carbocycles. The van der Waals surface area contributed by atoms with Gasteiger partial charge in [0, 0.05) is 17.7 Å². The number of hydrogen-bond donors (Lipinski definition) is 1. The SMILES string of the molecule is CCc1ccc(-c2noc(-c3ccc4c(=O)n(CCc5ccccc5)c(=O)[nH]c4c3)n2)cc1. The van der Waals surface area contributed by atoms with E-state index in [1.54, 1.807) is 18.2 Å². The van der Waals surface area contributed by atoms with Gasteiger partial charge in [-0.3, -0.25) is 9.36 Å². The molecule has 0 fully saturated rings. The van der Waals surface area contributed by atoms with Crippen LogP contribution in [0.1, 0.15) is 18.1 Å². The summed E-state index contributed by atoms with van der Waals surface area (Å²) in [6, 6.07) is 22.9. The number of aryl methyl sites for hydroxylation is 2. The minimum absolute atomic E-state index is 0.305. The molecule has 2 heterocycles. The molecule has 0 saturated heterocycles. The van der Waals surface area contributed by atoms with Gasteiger partial charge in [0.15, 0.2) is 0 Å². The first-order valence-corrected chi connectivity index (χ1v) is 10.9. The summed E-state index contributed by atoms with van der Waals surface area (Å²) in [6.45, 7) is 2.41. The zero-order valence-corrected chi connectivity index (χ0v) is 18.1. The van der Waals surface area contributed by atoms with Crippen LogP contribution in [0.5, 0.6) is 0 Å². The molecule has 1 N–H and O–H groups in total. The number of rotatable bonds is 6. The van der Waals surface area contributed by atoms with Crippen LogP contribution in [0.15, 0.2) is 86.9 Å². The van der Waals surface area contributed by atoms with Gasteiger partial charge in [0.05, 0.1) is 10.9 Å². The summed E-state index contributed by atoms with van der Waals surface area (Å²) in [5.41, 5.74) is 3.46. The Balaban J connectivity index is 1.45. The van der Waals surface area contributed by atoms with Gasteiger partial charge in [-0.1, -0.05) is 66.7 Å². The van der Waals surface area contributed by atoms with E-state index in [4.69, 9.17) is 4.52 Å². The predicted octanol–water partition coefficient (Wildman–Crippen LogP) is 4.21. The van der Waals surface area contributed by atoms with Crippen LogP contribution in [0.4, 0.5) is 0 Å². The fraction of sp³-hybridized carbons (Fsp3) is 0.154. The summed E-state index contributed by atoms with van der Waals surface area (Å²) < 4.78 is 6.68. The van der Waals surface area contributed by atoms with Gasteiger partial charge in [-0.15, -0.1) is 0 Å². The highest BCUT2D eigenvalue weighted by Crippen LogP contribution is 2.24. The summed E-state index contributed by atoms with van der Waals surface area (Å²) in [6.07, 6.45) is 1.55. The maximum atomic E-state index is 13.0. The highest BCUT2D eigenvalue weighted by molar-refractivity contribution is 5.82. The Bertz CT molecular complexity index is 1530. The highest BCUT2D eigenvalue weighted by atomic mass is 16.5. The summed E-state index contributed by atoms with van der Waals surface area (Å²) in [4.78, 5) is 32.9. The number of aromatic nitrogens is 4. The second-order valence-electron chi connectivity index (χ2n) is 7.86. The van der Waals surface area contributed by atoms with Crippen molar-refractivity contribution in [2.75, 3.05) is 0 Å². The van der Waals surface area contributed by atoms with Gasteiger partial charge in [0.1, 0.15) is 0 Å². The fourth-order valence-corrected chi connectivity index (χ4v) is 3.82. The monoisotopic (exact) mass is 438 g/mol. The molecule has 164 valence electrons. The van der Waals surface area contributed by atoms with Crippen molar-refractivity contribution in [2.24, 2.45) is 0 Å². The lowest BCUT2D eigenvalue weighted by molar-refractivity contribution is 0.432. The van der Waals surface area contributed by atoms with Crippen molar-refractivity contribution in [2.45, 2.75) is 26.3 Å². The maximum Gasteiger partial charge on any atom is 0.328 e. The lowest BCUT2D eigenvalue weighted by Crippen LogP contribution is -2.35. The second kappa shape index (κ2) is 8.70. The van der Waals surface area contributed by atoms with E-state index in [0.717, 1.165) is 17.5 Å². The molecule has 0 aliphatic heterocycles. The quantitative estimate of drug-likeness (QED) is 0.429. The third-order valence-corrected chi connectivity index (χ3v) is 5.74. The van der Waals surface area contributed by atoms with Crippen molar-refractivity contribution < 1.29 is 4.52 Å². The van der Waals surface area contributed by atoms with Gasteiger partial charge in [0.2, 0.25) is 5.82 Å². The van der Waals surface area contributed by atoms with Crippen molar-refractivity contribution in [1.29, 1.82) is 0 Å². The Morgan fingerprint density at radius 1 is 0.909 bits per heavy atom. The number of benzene rings is 3. The van der Waals surface area contributed by atoms with E-state index >= 15 is 0 Å². The van der Waals surface area contributed by atoms with E-state index < -0.39 is 5.69 Å². The lowest BCUT2D eigenvalue weighted by atomic mass is 10.1. The van der Waals surface area contributed by atoms with Gasteiger partial charge in [-0.05, 0) is 42.2 Å². The predicted molar refractivity (Wildman–Crippen MR) is 127 cm³/mol. The molecule has 5 rings (SSSR count). The molecule has 7 heteroatoms. The Hall–Kier alpha value is -4.26. The van der Waals surface area contributed by atoms with Crippen LogP contribution in [0.2, 0.25) is 0 Å². The van der Waals surface area contributed by atoms with E-state index in [9.17, 15) is 9.59 Å². The Morgan fingerprint density at radius 3 is 2.42 bits per heavy atom. The molecule has 2 aromatic heterocycles. The lowest BCUT2D eigenvalue weighted by Gasteiger charge is -2.07. The molecule has 0 bridgehead atoms. The Kier molecular flexibility index (Phi) is 5.44. The van der Waals surface area contributed by atoms with Gasteiger partial charge in [-0.25, -0.2) is 4.79 Å². The number of H-pyrrole nitrogens is 1. The van der Waals surface area contributed by atoms with Crippen LogP contribution in [0.25, 0.3) is 33.7 Å². The molecule has 0 atom stereocenters. The maximum absolute atomic E-state index is 13.0. The molecule has 0 spiro atoms. The number of hydrogen-bond acceptors (Lipinski definition) is 5. The third kappa shape index (κ3) is 4.13. The third-order valence-electron chi connectivity index (χ3n) is 5.74. The number of fused-ring (bicyclic) bond motifs is 1. The van der Waals surface area contributed by atoms with E-state index in [1.807, 2.05) is 54.6 Å². The molecule has 0 aliphatic rings. The summed E-state index contributed by atoms with van der Waals surface area (Å²) >= 11 is 0. The molecular formula is C26H22N4O3. The topological polar surface area (TPSA) is 93.8 Å². The van der Waals surface area contributed by atoms with E-state index in [2.05, 4.69) is 22.0 Å². The zero-order valence-electron chi connectivity index (χ0n) is 18.1.